The van der Waals surface area contributed by atoms with Gasteiger partial charge in [-0.25, -0.2) is 0 Å². The van der Waals surface area contributed by atoms with Gasteiger partial charge in [-0.05, 0) is 44.7 Å². The summed E-state index contributed by atoms with van der Waals surface area (Å²) in [6.07, 6.45) is 4.22. The molecule has 0 spiro atoms. The van der Waals surface area contributed by atoms with Crippen molar-refractivity contribution in [1.29, 1.82) is 0 Å². The van der Waals surface area contributed by atoms with E-state index in [0.29, 0.717) is 10.0 Å². The van der Waals surface area contributed by atoms with Crippen LogP contribution in [-0.4, -0.2) is 18.2 Å². The van der Waals surface area contributed by atoms with Crippen molar-refractivity contribution in [2.75, 3.05) is 13.6 Å². The zero-order valence-corrected chi connectivity index (χ0v) is 13.4. The van der Waals surface area contributed by atoms with Gasteiger partial charge in [0.15, 0.2) is 0 Å². The van der Waals surface area contributed by atoms with Gasteiger partial charge < -0.3 is 9.88 Å². The third-order valence-electron chi connectivity index (χ3n) is 3.26. The third-order valence-corrected chi connectivity index (χ3v) is 4.07. The second kappa shape index (κ2) is 6.49. The van der Waals surface area contributed by atoms with Crippen molar-refractivity contribution in [3.8, 4) is 5.69 Å². The maximum absolute atomic E-state index is 6.33. The molecule has 20 heavy (non-hydrogen) atoms. The smallest absolute Gasteiger partial charge is 0.0832 e. The summed E-state index contributed by atoms with van der Waals surface area (Å²) in [5.74, 6) is 0. The van der Waals surface area contributed by atoms with Gasteiger partial charge in [0, 0.05) is 17.9 Å². The van der Waals surface area contributed by atoms with E-state index in [9.17, 15) is 0 Å². The second-order valence-electron chi connectivity index (χ2n) is 4.69. The number of aromatic nitrogens is 1. The number of hydrogen-bond donors (Lipinski definition) is 1. The molecule has 2 rings (SSSR count). The summed E-state index contributed by atoms with van der Waals surface area (Å²) in [4.78, 5) is 0. The molecule has 0 amide bonds. The van der Waals surface area contributed by atoms with Crippen molar-refractivity contribution in [1.82, 2.24) is 9.88 Å². The lowest BCUT2D eigenvalue weighted by Crippen LogP contribution is -2.03. The molecule has 0 fully saturated rings. The zero-order valence-electron chi connectivity index (χ0n) is 11.9. The molecule has 106 valence electrons. The molecule has 0 radical (unpaired) electrons. The first-order valence-corrected chi connectivity index (χ1v) is 7.26. The Morgan fingerprint density at radius 2 is 2.00 bits per heavy atom. The Morgan fingerprint density at radius 1 is 1.25 bits per heavy atom. The van der Waals surface area contributed by atoms with Crippen molar-refractivity contribution < 1.29 is 0 Å². The van der Waals surface area contributed by atoms with Crippen LogP contribution < -0.4 is 5.32 Å². The Morgan fingerprint density at radius 3 is 2.70 bits per heavy atom. The summed E-state index contributed by atoms with van der Waals surface area (Å²) >= 11 is 12.4. The second-order valence-corrected chi connectivity index (χ2v) is 5.48. The molecule has 0 saturated heterocycles. The Labute approximate surface area is 130 Å². The summed E-state index contributed by atoms with van der Waals surface area (Å²) in [5.41, 5.74) is 4.39. The number of nitrogens with zero attached hydrogens (tertiary/aromatic N) is 1. The van der Waals surface area contributed by atoms with Gasteiger partial charge in [0.05, 0.1) is 15.7 Å². The molecule has 1 aromatic heterocycles. The van der Waals surface area contributed by atoms with Crippen LogP contribution >= 0.6 is 23.2 Å². The van der Waals surface area contributed by atoms with Crippen LogP contribution in [0.15, 0.2) is 30.3 Å². The first-order chi connectivity index (χ1) is 9.56. The highest BCUT2D eigenvalue weighted by atomic mass is 35.5. The largest absolute Gasteiger partial charge is 0.316 e. The lowest BCUT2D eigenvalue weighted by molar-refractivity contribution is 0.922. The summed E-state index contributed by atoms with van der Waals surface area (Å²) in [5, 5.41) is 4.25. The Bertz CT molecular complexity index is 642. The Hall–Kier alpha value is -1.22. The van der Waals surface area contributed by atoms with Gasteiger partial charge in [0.1, 0.15) is 0 Å². The standard InChI is InChI=1S/C16H18Cl2N2/c1-11-10-13(6-5-9-19-3)12(2)20(11)15-8-4-7-14(17)16(15)18/h4-8,10,19H,9H2,1-3H3. The normalized spacial score (nSPS) is 11.4. The van der Waals surface area contributed by atoms with E-state index in [1.807, 2.05) is 19.2 Å². The summed E-state index contributed by atoms with van der Waals surface area (Å²) in [7, 11) is 1.93. The molecule has 0 aliphatic carbocycles. The van der Waals surface area contributed by atoms with Gasteiger partial charge in [-0.3, -0.25) is 0 Å². The molecule has 0 saturated carbocycles. The minimum Gasteiger partial charge on any atom is -0.316 e. The van der Waals surface area contributed by atoms with Crippen LogP contribution in [-0.2, 0) is 0 Å². The molecular formula is C16H18Cl2N2. The maximum atomic E-state index is 6.33. The minimum atomic E-state index is 0.573. The van der Waals surface area contributed by atoms with Gasteiger partial charge in [-0.15, -0.1) is 0 Å². The van der Waals surface area contributed by atoms with Gasteiger partial charge in [0.25, 0.3) is 0 Å². The maximum Gasteiger partial charge on any atom is 0.0832 e. The lowest BCUT2D eigenvalue weighted by atomic mass is 10.2. The fourth-order valence-electron chi connectivity index (χ4n) is 2.30. The molecule has 0 unspecified atom stereocenters. The van der Waals surface area contributed by atoms with Crippen molar-refractivity contribution in [3.63, 3.8) is 0 Å². The molecule has 2 aromatic rings. The minimum absolute atomic E-state index is 0.573. The predicted octanol–water partition coefficient (Wildman–Crippen LogP) is 4.63. The van der Waals surface area contributed by atoms with Crippen molar-refractivity contribution in [3.05, 3.63) is 57.3 Å². The molecule has 4 heteroatoms. The van der Waals surface area contributed by atoms with E-state index >= 15 is 0 Å². The van der Waals surface area contributed by atoms with E-state index in [2.05, 4.69) is 41.9 Å². The molecule has 0 aliphatic rings. The SMILES string of the molecule is CNCC=Cc1cc(C)n(-c2cccc(Cl)c2Cl)c1C. The Balaban J connectivity index is 2.50. The first kappa shape index (κ1) is 15.2. The van der Waals surface area contributed by atoms with Crippen LogP contribution in [0.1, 0.15) is 17.0 Å². The molecule has 0 bridgehead atoms. The van der Waals surface area contributed by atoms with Crippen LogP contribution in [0.3, 0.4) is 0 Å². The number of hydrogen-bond acceptors (Lipinski definition) is 1. The van der Waals surface area contributed by atoms with E-state index in [0.717, 1.165) is 23.6 Å². The number of nitrogens with one attached hydrogen (secondary N) is 1. The van der Waals surface area contributed by atoms with Crippen LogP contribution in [0.4, 0.5) is 0 Å². The highest BCUT2D eigenvalue weighted by molar-refractivity contribution is 6.43. The average Bonchev–Trinajstić information content (AvgIpc) is 2.69. The number of rotatable bonds is 4. The topological polar surface area (TPSA) is 17.0 Å². The monoisotopic (exact) mass is 308 g/mol. The highest BCUT2D eigenvalue weighted by Gasteiger charge is 2.12. The molecule has 0 atom stereocenters. The summed E-state index contributed by atoms with van der Waals surface area (Å²) in [6.45, 7) is 5.00. The third kappa shape index (κ3) is 2.93. The predicted molar refractivity (Wildman–Crippen MR) is 88.2 cm³/mol. The van der Waals surface area contributed by atoms with Crippen LogP contribution in [0, 0.1) is 13.8 Å². The van der Waals surface area contributed by atoms with Crippen molar-refractivity contribution >= 4 is 29.3 Å². The summed E-state index contributed by atoms with van der Waals surface area (Å²) in [6, 6.07) is 7.85. The molecule has 0 aliphatic heterocycles. The van der Waals surface area contributed by atoms with E-state index in [4.69, 9.17) is 23.2 Å². The molecule has 1 aromatic carbocycles. The van der Waals surface area contributed by atoms with Gasteiger partial charge in [-0.2, -0.15) is 0 Å². The van der Waals surface area contributed by atoms with Gasteiger partial charge in [-0.1, -0.05) is 41.4 Å². The fraction of sp³-hybridized carbons (Fsp3) is 0.250. The van der Waals surface area contributed by atoms with Gasteiger partial charge in [0.2, 0.25) is 0 Å². The molecule has 1 N–H and O–H groups in total. The summed E-state index contributed by atoms with van der Waals surface area (Å²) < 4.78 is 2.13. The van der Waals surface area contributed by atoms with E-state index < -0.39 is 0 Å². The molecule has 1 heterocycles. The number of likely N-dealkylation sites (N-methyl/N-ethyl adjacent to an activating group) is 1. The number of benzene rings is 1. The quantitative estimate of drug-likeness (QED) is 0.871. The van der Waals surface area contributed by atoms with E-state index in [1.165, 1.54) is 5.56 Å². The van der Waals surface area contributed by atoms with Crippen LogP contribution in [0.5, 0.6) is 0 Å². The highest BCUT2D eigenvalue weighted by Crippen LogP contribution is 2.31. The molecule has 2 nitrogen and oxygen atoms in total. The fourth-order valence-corrected chi connectivity index (χ4v) is 2.68. The Kier molecular flexibility index (Phi) is 4.92. The first-order valence-electron chi connectivity index (χ1n) is 6.50. The van der Waals surface area contributed by atoms with Gasteiger partial charge >= 0.3 is 0 Å². The van der Waals surface area contributed by atoms with Crippen molar-refractivity contribution in [2.45, 2.75) is 13.8 Å². The van der Waals surface area contributed by atoms with E-state index in [1.54, 1.807) is 6.07 Å². The number of halogens is 2. The lowest BCUT2D eigenvalue weighted by Gasteiger charge is -2.12. The van der Waals surface area contributed by atoms with Crippen LogP contribution in [0.2, 0.25) is 10.0 Å². The molecular weight excluding hydrogens is 291 g/mol. The van der Waals surface area contributed by atoms with Crippen LogP contribution in [0.25, 0.3) is 11.8 Å². The zero-order chi connectivity index (χ0) is 14.7. The number of aryl methyl sites for hydroxylation is 1. The van der Waals surface area contributed by atoms with Crippen molar-refractivity contribution in [2.24, 2.45) is 0 Å². The average molecular weight is 309 g/mol. The van der Waals surface area contributed by atoms with E-state index in [-0.39, 0.29) is 0 Å².